The first-order chi connectivity index (χ1) is 14.2. The van der Waals surface area contributed by atoms with Crippen molar-refractivity contribution in [2.45, 2.75) is 74.3 Å². The van der Waals surface area contributed by atoms with Gasteiger partial charge in [-0.2, -0.15) is 8.67 Å². The number of aliphatic hydroxyl groups excluding tert-OH is 1. The van der Waals surface area contributed by atoms with Crippen molar-refractivity contribution in [2.24, 2.45) is 11.1 Å². The summed E-state index contributed by atoms with van der Waals surface area (Å²) in [6.07, 6.45) is 1.10. The molecule has 3 fully saturated rings. The van der Waals surface area contributed by atoms with Crippen LogP contribution in [-0.4, -0.2) is 58.4 Å². The number of carboxylic acids is 1. The van der Waals surface area contributed by atoms with Crippen LogP contribution >= 0.6 is 69.3 Å². The number of nitrogens with two attached hydrogens (primary N) is 1. The fourth-order valence-electron chi connectivity index (χ4n) is 4.55. The number of aliphatic carboxylic acids is 1. The van der Waals surface area contributed by atoms with Crippen LogP contribution in [-0.2, 0) is 28.3 Å². The number of hydrogen-bond acceptors (Lipinski definition) is 12. The molecule has 11 nitrogen and oxygen atoms in total. The molecule has 3 saturated carbocycles. The van der Waals surface area contributed by atoms with Crippen LogP contribution in [0, 0.1) is 5.41 Å². The molecule has 3 aliphatic carbocycles. The average Bonchev–Trinajstić information content (AvgIpc) is 3.27. The largest absolute Gasteiger partial charge is 1.00 e. The summed E-state index contributed by atoms with van der Waals surface area (Å²) in [6, 6.07) is 0. The molecule has 17 heteroatoms. The Morgan fingerprint density at radius 1 is 1.03 bits per heavy atom. The molecule has 3 rings (SSSR count). The summed E-state index contributed by atoms with van der Waals surface area (Å²) in [5.41, 5.74) is 4.53. The summed E-state index contributed by atoms with van der Waals surface area (Å²) in [6.45, 7) is 0. The second kappa shape index (κ2) is 14.4. The Hall–Kier alpha value is 3.27. The van der Waals surface area contributed by atoms with Crippen molar-refractivity contribution >= 4 is 75.2 Å². The predicted octanol–water partition coefficient (Wildman–Crippen LogP) is -6.04. The van der Waals surface area contributed by atoms with E-state index in [2.05, 4.69) is 63.9 Å². The van der Waals surface area contributed by atoms with E-state index >= 15 is 0 Å². The van der Waals surface area contributed by atoms with Gasteiger partial charge in [0.15, 0.2) is 0 Å². The van der Waals surface area contributed by atoms with Crippen LogP contribution in [0.3, 0.4) is 0 Å². The Morgan fingerprint density at radius 2 is 1.50 bits per heavy atom. The van der Waals surface area contributed by atoms with Gasteiger partial charge in [0, 0.05) is 37.3 Å². The van der Waals surface area contributed by atoms with Crippen molar-refractivity contribution in [3.05, 3.63) is 0 Å². The standard InChI is InChI=1S/C15H23I2NO10S2.2Na/c16-7-3-14(5-15(14,18)13(20)21)4-8(17)12(7)24-6-1-9(29-27-25-22)11(19)10(2-6)30-28-26-23;;/h6-12,19,22-23H,1-5,18H2,(H,20,21);;/q;2*+1/p-2. The van der Waals surface area contributed by atoms with Crippen LogP contribution in [0.4, 0.5) is 0 Å². The van der Waals surface area contributed by atoms with Crippen LogP contribution < -0.4 is 75.4 Å². The monoisotopic (exact) mass is 739 g/mol. The van der Waals surface area contributed by atoms with Crippen LogP contribution in [0.1, 0.15) is 32.1 Å². The third-order valence-corrected chi connectivity index (χ3v) is 10.2. The predicted molar refractivity (Wildman–Crippen MR) is 117 cm³/mol. The summed E-state index contributed by atoms with van der Waals surface area (Å²) < 4.78 is 15.3. The molecule has 0 aromatic heterocycles. The maximum atomic E-state index is 11.6. The molecular weight excluding hydrogens is 718 g/mol. The van der Waals surface area contributed by atoms with E-state index in [1.165, 1.54) is 0 Å². The van der Waals surface area contributed by atoms with E-state index < -0.39 is 33.5 Å². The third-order valence-electron chi connectivity index (χ3n) is 6.19. The zero-order valence-corrected chi connectivity index (χ0v) is 27.3. The maximum absolute atomic E-state index is 11.6. The molecular formula is C15H21I2NNa2O10S2. The molecule has 4 N–H and O–H groups in total. The maximum Gasteiger partial charge on any atom is 1.00 e. The fourth-order valence-corrected chi connectivity index (χ4v) is 9.93. The van der Waals surface area contributed by atoms with Gasteiger partial charge in [-0.1, -0.05) is 45.2 Å². The molecule has 0 aromatic carbocycles. The number of rotatable bonds is 9. The number of halogens is 2. The third kappa shape index (κ3) is 7.43. The average molecular weight is 739 g/mol. The van der Waals surface area contributed by atoms with E-state index in [0.717, 1.165) is 0 Å². The first-order valence-corrected chi connectivity index (χ1v) is 13.2. The van der Waals surface area contributed by atoms with Crippen molar-refractivity contribution in [3.63, 3.8) is 0 Å². The van der Waals surface area contributed by atoms with Gasteiger partial charge < -0.3 is 31.2 Å². The molecule has 0 amide bonds. The van der Waals surface area contributed by atoms with Crippen LogP contribution in [0.5, 0.6) is 0 Å². The summed E-state index contributed by atoms with van der Waals surface area (Å²) in [5, 5.41) is 46.0. The van der Waals surface area contributed by atoms with E-state index in [4.69, 9.17) is 10.5 Å². The van der Waals surface area contributed by atoms with E-state index in [9.17, 15) is 25.5 Å². The van der Waals surface area contributed by atoms with Gasteiger partial charge >= 0.3 is 65.1 Å². The second-order valence-electron chi connectivity index (χ2n) is 7.90. The molecule has 0 aliphatic heterocycles. The summed E-state index contributed by atoms with van der Waals surface area (Å²) in [5.74, 6) is -0.962. The zero-order chi connectivity index (χ0) is 22.1. The number of aliphatic hydroxyl groups is 1. The molecule has 0 aromatic rings. The minimum absolute atomic E-state index is 0. The fraction of sp³-hybridized carbons (Fsp3) is 0.933. The van der Waals surface area contributed by atoms with Crippen molar-refractivity contribution in [1.29, 1.82) is 0 Å². The summed E-state index contributed by atoms with van der Waals surface area (Å²) in [7, 11) is 0. The molecule has 3 aliphatic rings. The van der Waals surface area contributed by atoms with Crippen molar-refractivity contribution in [3.8, 4) is 0 Å². The molecule has 5 atom stereocenters. The number of carboxylic acid groups (broad SMARTS) is 1. The number of carbonyl (C=O) groups is 1. The SMILES string of the molecule is NC1(C(=O)O)CC12CC(I)C(OC1CC(SOO[O-])C(O)C(SOO[O-])C1)C(I)C2.[Na+].[Na+]. The minimum atomic E-state index is -1.17. The normalized spacial score (nSPS) is 43.2. The first-order valence-electron chi connectivity index (χ1n) is 9.05. The van der Waals surface area contributed by atoms with E-state index in [1.54, 1.807) is 0 Å². The van der Waals surface area contributed by atoms with Crippen molar-refractivity contribution < 1.29 is 108 Å². The van der Waals surface area contributed by atoms with Crippen LogP contribution in [0.25, 0.3) is 0 Å². The van der Waals surface area contributed by atoms with Crippen LogP contribution in [0.2, 0.25) is 0 Å². The van der Waals surface area contributed by atoms with Gasteiger partial charge in [0.1, 0.15) is 5.54 Å². The van der Waals surface area contributed by atoms with Gasteiger partial charge in [-0.05, 0) is 32.1 Å². The molecule has 32 heavy (non-hydrogen) atoms. The number of alkyl halides is 2. The van der Waals surface area contributed by atoms with Crippen molar-refractivity contribution in [2.75, 3.05) is 0 Å². The van der Waals surface area contributed by atoms with Gasteiger partial charge in [-0.3, -0.25) is 14.9 Å². The van der Waals surface area contributed by atoms with Crippen LogP contribution in [0.15, 0.2) is 0 Å². The quantitative estimate of drug-likeness (QED) is 0.0510. The Morgan fingerprint density at radius 3 is 1.88 bits per heavy atom. The second-order valence-corrected chi connectivity index (χ2v) is 13.0. The van der Waals surface area contributed by atoms with Gasteiger partial charge in [-0.15, -0.1) is 0 Å². The smallest absolute Gasteiger partial charge is 0.691 e. The van der Waals surface area contributed by atoms with Gasteiger partial charge in [0.2, 0.25) is 0 Å². The zero-order valence-electron chi connectivity index (χ0n) is 17.4. The Kier molecular flexibility index (Phi) is 15.0. The Labute approximate surface area is 265 Å². The molecule has 5 unspecified atom stereocenters. The number of hydrogen-bond donors (Lipinski definition) is 3. The van der Waals surface area contributed by atoms with Gasteiger partial charge in [-0.25, -0.2) is 0 Å². The van der Waals surface area contributed by atoms with E-state index in [1.807, 2.05) is 0 Å². The van der Waals surface area contributed by atoms with Crippen molar-refractivity contribution in [1.82, 2.24) is 0 Å². The first kappa shape index (κ1) is 33.3. The molecule has 0 saturated heterocycles. The molecule has 174 valence electrons. The summed E-state index contributed by atoms with van der Waals surface area (Å²) >= 11 is 5.94. The Balaban J connectivity index is 0.00000256. The van der Waals surface area contributed by atoms with E-state index in [0.29, 0.717) is 56.2 Å². The topological polar surface area (TPSA) is 176 Å². The van der Waals surface area contributed by atoms with Gasteiger partial charge in [0.25, 0.3) is 0 Å². The van der Waals surface area contributed by atoms with E-state index in [-0.39, 0.29) is 79.2 Å². The molecule has 0 radical (unpaired) electrons. The molecule has 1 spiro atoms. The minimum Gasteiger partial charge on any atom is -0.691 e. The Bertz CT molecular complexity index is 605. The summed E-state index contributed by atoms with van der Waals surface area (Å²) in [4.78, 5) is 11.6. The van der Waals surface area contributed by atoms with Gasteiger partial charge in [0.05, 0.1) is 28.8 Å². The molecule has 0 heterocycles. The number of ether oxygens (including phenoxy) is 1. The molecule has 0 bridgehead atoms.